The Bertz CT molecular complexity index is 2650. The summed E-state index contributed by atoms with van der Waals surface area (Å²) in [4.78, 5) is 14.4. The maximum Gasteiger partial charge on any atom is 0.417 e. The molecule has 11 heteroatoms. The van der Waals surface area contributed by atoms with Crippen molar-refractivity contribution in [2.75, 3.05) is 0 Å². The largest absolute Gasteiger partial charge is 0.417 e. The number of hydrogen-bond acceptors (Lipinski definition) is 4. The summed E-state index contributed by atoms with van der Waals surface area (Å²) in [5, 5.41) is 11.8. The number of aromatic nitrogens is 4. The van der Waals surface area contributed by atoms with Crippen LogP contribution in [0.3, 0.4) is 0 Å². The fourth-order valence-corrected chi connectivity index (χ4v) is 6.49. The minimum Gasteiger partial charge on any atom is -0.308 e. The van der Waals surface area contributed by atoms with Crippen molar-refractivity contribution in [2.24, 2.45) is 0 Å². The third-order valence-electron chi connectivity index (χ3n) is 8.95. The van der Waals surface area contributed by atoms with Crippen LogP contribution in [0, 0.1) is 11.3 Å². The zero-order chi connectivity index (χ0) is 36.9. The van der Waals surface area contributed by atoms with Gasteiger partial charge in [0.1, 0.15) is 6.07 Å². The van der Waals surface area contributed by atoms with Crippen molar-refractivity contribution in [2.45, 2.75) is 12.4 Å². The summed E-state index contributed by atoms with van der Waals surface area (Å²) in [6.45, 7) is 0. The molecule has 0 unspecified atom stereocenters. The van der Waals surface area contributed by atoms with Crippen molar-refractivity contribution in [3.05, 3.63) is 156 Å². The molecule has 2 aromatic heterocycles. The van der Waals surface area contributed by atoms with E-state index in [1.54, 1.807) is 34.9 Å². The van der Waals surface area contributed by atoms with Crippen LogP contribution in [0.2, 0.25) is 0 Å². The first kappa shape index (κ1) is 33.3. The number of nitriles is 1. The lowest BCUT2D eigenvalue weighted by Gasteiger charge is -2.17. The molecule has 0 aliphatic heterocycles. The number of halogens is 6. The zero-order valence-electron chi connectivity index (χ0n) is 27.3. The average Bonchev–Trinajstić information content (AvgIpc) is 3.50. The summed E-state index contributed by atoms with van der Waals surface area (Å²) in [5.74, 6) is 1.18. The number of benzene rings is 6. The summed E-state index contributed by atoms with van der Waals surface area (Å²) in [6.07, 6.45) is -10.0. The summed E-state index contributed by atoms with van der Waals surface area (Å²) >= 11 is 0. The van der Waals surface area contributed by atoms with Gasteiger partial charge in [-0.3, -0.25) is 0 Å². The topological polar surface area (TPSA) is 67.4 Å². The quantitative estimate of drug-likeness (QED) is 0.167. The molecule has 0 N–H and O–H groups in total. The van der Waals surface area contributed by atoms with E-state index in [1.807, 2.05) is 78.9 Å². The second-order valence-electron chi connectivity index (χ2n) is 12.2. The van der Waals surface area contributed by atoms with E-state index in [1.165, 1.54) is 12.1 Å². The maximum absolute atomic E-state index is 14.3. The van der Waals surface area contributed by atoms with E-state index in [4.69, 9.17) is 15.0 Å². The van der Waals surface area contributed by atoms with Crippen molar-refractivity contribution >= 4 is 21.8 Å². The minimum absolute atomic E-state index is 0.0507. The van der Waals surface area contributed by atoms with Gasteiger partial charge in [-0.05, 0) is 53.6 Å². The Kier molecular flexibility index (Phi) is 8.03. The lowest BCUT2D eigenvalue weighted by atomic mass is 9.96. The van der Waals surface area contributed by atoms with Crippen molar-refractivity contribution in [1.29, 1.82) is 5.26 Å². The summed E-state index contributed by atoms with van der Waals surface area (Å²) in [6, 6.07) is 39.7. The van der Waals surface area contributed by atoms with E-state index in [-0.39, 0.29) is 17.2 Å². The van der Waals surface area contributed by atoms with Crippen LogP contribution >= 0.6 is 0 Å². The van der Waals surface area contributed by atoms with Gasteiger partial charge in [0, 0.05) is 27.5 Å². The maximum atomic E-state index is 14.3. The number of alkyl halides is 6. The van der Waals surface area contributed by atoms with Crippen molar-refractivity contribution in [3.63, 3.8) is 0 Å². The van der Waals surface area contributed by atoms with Gasteiger partial charge in [0.25, 0.3) is 0 Å². The number of para-hydroxylation sites is 1. The predicted molar refractivity (Wildman–Crippen MR) is 191 cm³/mol. The third-order valence-corrected chi connectivity index (χ3v) is 8.95. The highest BCUT2D eigenvalue weighted by Crippen LogP contribution is 2.43. The molecular weight excluding hydrogens is 688 g/mol. The first-order chi connectivity index (χ1) is 25.5. The normalized spacial score (nSPS) is 11.9. The Morgan fingerprint density at radius 2 is 1.06 bits per heavy atom. The Hall–Kier alpha value is -6.80. The highest BCUT2D eigenvalue weighted by Gasteiger charge is 2.38. The van der Waals surface area contributed by atoms with Crippen molar-refractivity contribution in [3.8, 4) is 57.0 Å². The SMILES string of the molecule is N#Cc1ccc(-c2nc(-c3ccccc3)nc(-c3ccccc3)n2)cc1-n1c2ccccc2c2ccc(-c3ccc(C(F)(F)F)cc3C(F)(F)F)cc21. The predicted octanol–water partition coefficient (Wildman–Crippen LogP) is 11.5. The van der Waals surface area contributed by atoms with Crippen LogP contribution in [0.4, 0.5) is 26.3 Å². The number of fused-ring (bicyclic) bond motifs is 3. The van der Waals surface area contributed by atoms with Crippen LogP contribution in [0.5, 0.6) is 0 Å². The number of rotatable bonds is 5. The van der Waals surface area contributed by atoms with E-state index in [0.717, 1.165) is 22.6 Å². The molecule has 0 aliphatic rings. The fraction of sp³-hybridized carbons (Fsp3) is 0.0476. The average molecular weight is 712 g/mol. The summed E-state index contributed by atoms with van der Waals surface area (Å²) in [7, 11) is 0. The van der Waals surface area contributed by atoms with E-state index >= 15 is 0 Å². The first-order valence-electron chi connectivity index (χ1n) is 16.2. The molecule has 0 bridgehead atoms. The van der Waals surface area contributed by atoms with Gasteiger partial charge in [0.2, 0.25) is 0 Å². The molecule has 0 spiro atoms. The third kappa shape index (κ3) is 6.14. The molecule has 258 valence electrons. The minimum atomic E-state index is -5.07. The van der Waals surface area contributed by atoms with Gasteiger partial charge >= 0.3 is 12.4 Å². The first-order valence-corrected chi connectivity index (χ1v) is 16.2. The van der Waals surface area contributed by atoms with Gasteiger partial charge in [0.05, 0.1) is 33.4 Å². The molecule has 0 saturated carbocycles. The van der Waals surface area contributed by atoms with E-state index < -0.39 is 29.0 Å². The van der Waals surface area contributed by atoms with Crippen LogP contribution in [0.25, 0.3) is 72.8 Å². The molecular formula is C42H23F6N5. The molecule has 0 amide bonds. The molecule has 0 aliphatic carbocycles. The van der Waals surface area contributed by atoms with Gasteiger partial charge in [-0.15, -0.1) is 0 Å². The van der Waals surface area contributed by atoms with Gasteiger partial charge < -0.3 is 4.57 Å². The van der Waals surface area contributed by atoms with Gasteiger partial charge in [-0.1, -0.05) is 97.1 Å². The fourth-order valence-electron chi connectivity index (χ4n) is 6.49. The zero-order valence-corrected chi connectivity index (χ0v) is 27.3. The van der Waals surface area contributed by atoms with Gasteiger partial charge in [0.15, 0.2) is 17.5 Å². The van der Waals surface area contributed by atoms with Crippen LogP contribution in [-0.2, 0) is 12.4 Å². The Balaban J connectivity index is 1.36. The lowest BCUT2D eigenvalue weighted by molar-refractivity contribution is -0.142. The molecule has 6 aromatic carbocycles. The van der Waals surface area contributed by atoms with E-state index in [9.17, 15) is 31.6 Å². The number of hydrogen-bond donors (Lipinski definition) is 0. The van der Waals surface area contributed by atoms with Gasteiger partial charge in [-0.25, -0.2) is 15.0 Å². The van der Waals surface area contributed by atoms with Crippen LogP contribution < -0.4 is 0 Å². The highest BCUT2D eigenvalue weighted by molar-refractivity contribution is 6.10. The van der Waals surface area contributed by atoms with Crippen molar-refractivity contribution in [1.82, 2.24) is 19.5 Å². The highest BCUT2D eigenvalue weighted by atomic mass is 19.4. The monoisotopic (exact) mass is 711 g/mol. The smallest absolute Gasteiger partial charge is 0.308 e. The standard InChI is InChI=1S/C42H23F6N5/c43-41(44,45)30-18-20-31(34(23-30)42(46,47)48)27-17-19-33-32-13-7-8-14-35(32)53(37(33)21-27)36-22-28(15-16-29(36)24-49)40-51-38(25-9-3-1-4-10-25)50-39(52-40)26-11-5-2-6-12-26/h1-23H. The molecule has 0 saturated heterocycles. The second kappa shape index (κ2) is 12.8. The summed E-state index contributed by atoms with van der Waals surface area (Å²) in [5.41, 5.74) is 0.652. The van der Waals surface area contributed by atoms with Crippen LogP contribution in [0.1, 0.15) is 16.7 Å². The Labute approximate surface area is 298 Å². The molecule has 2 heterocycles. The molecule has 8 rings (SSSR count). The Morgan fingerprint density at radius 1 is 0.491 bits per heavy atom. The number of nitrogens with zero attached hydrogens (tertiary/aromatic N) is 5. The molecule has 8 aromatic rings. The molecule has 5 nitrogen and oxygen atoms in total. The Morgan fingerprint density at radius 3 is 1.66 bits per heavy atom. The molecule has 53 heavy (non-hydrogen) atoms. The van der Waals surface area contributed by atoms with Crippen LogP contribution in [0.15, 0.2) is 140 Å². The van der Waals surface area contributed by atoms with E-state index in [2.05, 4.69) is 6.07 Å². The second-order valence-corrected chi connectivity index (χ2v) is 12.2. The molecule has 0 radical (unpaired) electrons. The molecule has 0 fully saturated rings. The van der Waals surface area contributed by atoms with Crippen molar-refractivity contribution < 1.29 is 26.3 Å². The van der Waals surface area contributed by atoms with E-state index in [0.29, 0.717) is 51.2 Å². The molecule has 0 atom stereocenters. The van der Waals surface area contributed by atoms with Crippen LogP contribution in [-0.4, -0.2) is 19.5 Å². The summed E-state index contributed by atoms with van der Waals surface area (Å²) < 4.78 is 85.1. The van der Waals surface area contributed by atoms with Gasteiger partial charge in [-0.2, -0.15) is 31.6 Å². The lowest BCUT2D eigenvalue weighted by Crippen LogP contribution is -2.12.